The molecule has 1 aromatic carbocycles. The Bertz CT molecular complexity index is 654. The van der Waals surface area contributed by atoms with E-state index in [0.29, 0.717) is 31.9 Å². The predicted octanol–water partition coefficient (Wildman–Crippen LogP) is 2.83. The molecule has 2 rings (SSSR count). The average Bonchev–Trinajstić information content (AvgIpc) is 2.89. The number of ether oxygens (including phenoxy) is 3. The van der Waals surface area contributed by atoms with E-state index in [1.165, 1.54) is 4.90 Å². The number of nitrogens with zero attached hydrogens (tertiary/aromatic N) is 1. The van der Waals surface area contributed by atoms with Crippen LogP contribution >= 0.6 is 0 Å². The van der Waals surface area contributed by atoms with Gasteiger partial charge in [-0.15, -0.1) is 0 Å². The fraction of sp³-hybridized carbons (Fsp3) is 0.579. The van der Waals surface area contributed by atoms with Crippen LogP contribution < -0.4 is 10.1 Å². The lowest BCUT2D eigenvalue weighted by Gasteiger charge is -2.24. The molecule has 0 fully saturated rings. The number of amides is 2. The van der Waals surface area contributed by atoms with E-state index in [1.54, 1.807) is 7.05 Å². The summed E-state index contributed by atoms with van der Waals surface area (Å²) in [5.41, 5.74) is 1.28. The Morgan fingerprint density at radius 1 is 1.35 bits per heavy atom. The van der Waals surface area contributed by atoms with Gasteiger partial charge in [-0.1, -0.05) is 0 Å². The molecule has 1 heterocycles. The first-order chi connectivity index (χ1) is 12.1. The maximum absolute atomic E-state index is 11.8. The molecular formula is C19H28N2O5. The number of fused-ring (bicyclic) bond motifs is 1. The molecular weight excluding hydrogens is 336 g/mol. The van der Waals surface area contributed by atoms with Gasteiger partial charge < -0.3 is 24.4 Å². The maximum atomic E-state index is 11.8. The van der Waals surface area contributed by atoms with Crippen LogP contribution in [-0.2, 0) is 20.7 Å². The molecule has 1 atom stereocenters. The van der Waals surface area contributed by atoms with Crippen LogP contribution in [0.4, 0.5) is 10.5 Å². The number of carbonyl (C=O) groups is 2. The lowest BCUT2D eigenvalue weighted by molar-refractivity contribution is -0.115. The highest BCUT2D eigenvalue weighted by Crippen LogP contribution is 2.27. The minimum atomic E-state index is -0.509. The molecule has 0 aromatic heterocycles. The van der Waals surface area contributed by atoms with Crippen LogP contribution in [0.15, 0.2) is 18.2 Å². The molecule has 1 aromatic rings. The minimum absolute atomic E-state index is 0.00244. The summed E-state index contributed by atoms with van der Waals surface area (Å²) in [5, 5.41) is 2.79. The van der Waals surface area contributed by atoms with Gasteiger partial charge in [0.05, 0.1) is 19.6 Å². The second-order valence-corrected chi connectivity index (χ2v) is 7.45. The summed E-state index contributed by atoms with van der Waals surface area (Å²) in [6.45, 7) is 8.64. The van der Waals surface area contributed by atoms with Crippen molar-refractivity contribution in [2.24, 2.45) is 0 Å². The van der Waals surface area contributed by atoms with Crippen LogP contribution in [0.25, 0.3) is 0 Å². The number of hydrogen-bond acceptors (Lipinski definition) is 5. The van der Waals surface area contributed by atoms with Crippen molar-refractivity contribution in [1.29, 1.82) is 0 Å². The third-order valence-electron chi connectivity index (χ3n) is 3.67. The van der Waals surface area contributed by atoms with E-state index >= 15 is 0 Å². The van der Waals surface area contributed by atoms with Gasteiger partial charge in [0.15, 0.2) is 0 Å². The van der Waals surface area contributed by atoms with E-state index in [0.717, 1.165) is 11.3 Å². The number of carbonyl (C=O) groups excluding carboxylic acids is 2. The van der Waals surface area contributed by atoms with E-state index in [2.05, 4.69) is 5.32 Å². The Hall–Kier alpha value is -2.28. The van der Waals surface area contributed by atoms with Gasteiger partial charge in [-0.3, -0.25) is 4.79 Å². The third kappa shape index (κ3) is 6.22. The van der Waals surface area contributed by atoms with Crippen molar-refractivity contribution in [2.75, 3.05) is 32.1 Å². The zero-order valence-electron chi connectivity index (χ0n) is 16.1. The molecule has 0 spiro atoms. The third-order valence-corrected chi connectivity index (χ3v) is 3.67. The van der Waals surface area contributed by atoms with Crippen molar-refractivity contribution < 1.29 is 23.8 Å². The molecule has 7 heteroatoms. The number of benzene rings is 1. The number of hydrogen-bond donors (Lipinski definition) is 1. The quantitative estimate of drug-likeness (QED) is 0.753. The summed E-state index contributed by atoms with van der Waals surface area (Å²) in [6.07, 6.45) is -0.134. The Kier molecular flexibility index (Phi) is 6.47. The number of nitrogens with one attached hydrogen (secondary N) is 1. The van der Waals surface area contributed by atoms with Crippen LogP contribution in [0, 0.1) is 0 Å². The van der Waals surface area contributed by atoms with Crippen molar-refractivity contribution in [3.63, 3.8) is 0 Å². The van der Waals surface area contributed by atoms with E-state index in [1.807, 2.05) is 45.9 Å². The molecule has 1 aliphatic heterocycles. The number of anilines is 1. The van der Waals surface area contributed by atoms with Crippen LogP contribution in [-0.4, -0.2) is 55.4 Å². The van der Waals surface area contributed by atoms with Crippen molar-refractivity contribution in [2.45, 2.75) is 45.8 Å². The van der Waals surface area contributed by atoms with Crippen LogP contribution in [0.3, 0.4) is 0 Å². The molecule has 1 N–H and O–H groups in total. The summed E-state index contributed by atoms with van der Waals surface area (Å²) in [4.78, 5) is 24.7. The van der Waals surface area contributed by atoms with Crippen LogP contribution in [0.2, 0.25) is 0 Å². The fourth-order valence-corrected chi connectivity index (χ4v) is 2.43. The molecule has 144 valence electrons. The topological polar surface area (TPSA) is 77.1 Å². The van der Waals surface area contributed by atoms with Gasteiger partial charge >= 0.3 is 6.09 Å². The number of rotatable bonds is 7. The molecule has 0 saturated carbocycles. The van der Waals surface area contributed by atoms with Crippen LogP contribution in [0.1, 0.15) is 33.3 Å². The zero-order chi connectivity index (χ0) is 19.3. The van der Waals surface area contributed by atoms with E-state index in [-0.39, 0.29) is 18.1 Å². The fourth-order valence-electron chi connectivity index (χ4n) is 2.43. The Balaban J connectivity index is 1.68. The molecule has 26 heavy (non-hydrogen) atoms. The van der Waals surface area contributed by atoms with Crippen molar-refractivity contribution in [3.05, 3.63) is 23.8 Å². The second kappa shape index (κ2) is 8.40. The SMILES string of the molecule is C[C@@H](COCCN(C)C(=O)OC(C)(C)C)Oc1ccc2c(c1)CC(=O)N2. The van der Waals surface area contributed by atoms with E-state index in [9.17, 15) is 9.59 Å². The molecule has 0 unspecified atom stereocenters. The number of likely N-dealkylation sites (N-methyl/N-ethyl adjacent to an activating group) is 1. The highest BCUT2D eigenvalue weighted by Gasteiger charge is 2.20. The zero-order valence-corrected chi connectivity index (χ0v) is 16.1. The summed E-state index contributed by atoms with van der Waals surface area (Å²) in [6, 6.07) is 5.55. The summed E-state index contributed by atoms with van der Waals surface area (Å²) < 4.78 is 16.7. The monoisotopic (exact) mass is 364 g/mol. The van der Waals surface area contributed by atoms with Gasteiger partial charge in [-0.2, -0.15) is 0 Å². The molecule has 1 aliphatic rings. The first kappa shape index (κ1) is 20.0. The highest BCUT2D eigenvalue weighted by molar-refractivity contribution is 5.99. The molecule has 0 saturated heterocycles. The Morgan fingerprint density at radius 3 is 2.77 bits per heavy atom. The standard InChI is InChI=1S/C19H28N2O5/c1-13(12-24-9-8-21(5)18(23)26-19(2,3)4)25-15-6-7-16-14(10-15)11-17(22)20-16/h6-7,10,13H,8-9,11-12H2,1-5H3,(H,20,22)/t13-/m0/s1. The van der Waals surface area contributed by atoms with Gasteiger partial charge in [0.2, 0.25) is 5.91 Å². The van der Waals surface area contributed by atoms with Gasteiger partial charge in [0, 0.05) is 19.3 Å². The van der Waals surface area contributed by atoms with Gasteiger partial charge in [0.25, 0.3) is 0 Å². The molecule has 0 bridgehead atoms. The van der Waals surface area contributed by atoms with Gasteiger partial charge in [-0.25, -0.2) is 4.79 Å². The summed E-state index contributed by atoms with van der Waals surface area (Å²) in [5.74, 6) is 0.713. The van der Waals surface area contributed by atoms with Crippen molar-refractivity contribution in [3.8, 4) is 5.75 Å². The normalized spacial score (nSPS) is 14.4. The average molecular weight is 364 g/mol. The minimum Gasteiger partial charge on any atom is -0.488 e. The summed E-state index contributed by atoms with van der Waals surface area (Å²) in [7, 11) is 1.68. The largest absolute Gasteiger partial charge is 0.488 e. The molecule has 2 amide bonds. The summed E-state index contributed by atoms with van der Waals surface area (Å²) >= 11 is 0. The van der Waals surface area contributed by atoms with Crippen molar-refractivity contribution in [1.82, 2.24) is 4.90 Å². The first-order valence-electron chi connectivity index (χ1n) is 8.75. The molecule has 7 nitrogen and oxygen atoms in total. The van der Waals surface area contributed by atoms with Crippen LogP contribution in [0.5, 0.6) is 5.75 Å². The lowest BCUT2D eigenvalue weighted by atomic mass is 10.1. The molecule has 0 aliphatic carbocycles. The van der Waals surface area contributed by atoms with Gasteiger partial charge in [-0.05, 0) is 51.5 Å². The maximum Gasteiger partial charge on any atom is 0.410 e. The highest BCUT2D eigenvalue weighted by atomic mass is 16.6. The van der Waals surface area contributed by atoms with E-state index < -0.39 is 5.60 Å². The van der Waals surface area contributed by atoms with Gasteiger partial charge in [0.1, 0.15) is 17.5 Å². The molecule has 0 radical (unpaired) electrons. The predicted molar refractivity (Wildman–Crippen MR) is 98.5 cm³/mol. The first-order valence-corrected chi connectivity index (χ1v) is 8.75. The smallest absolute Gasteiger partial charge is 0.410 e. The lowest BCUT2D eigenvalue weighted by Crippen LogP contribution is -2.36. The second-order valence-electron chi connectivity index (χ2n) is 7.45. The Morgan fingerprint density at radius 2 is 2.08 bits per heavy atom. The Labute approximate surface area is 154 Å². The van der Waals surface area contributed by atoms with E-state index in [4.69, 9.17) is 14.2 Å². The van der Waals surface area contributed by atoms with Crippen molar-refractivity contribution >= 4 is 17.7 Å².